The van der Waals surface area contributed by atoms with Gasteiger partial charge in [-0.15, -0.1) is 0 Å². The number of hydrogen-bond acceptors (Lipinski definition) is 1. The Labute approximate surface area is 120 Å². The fraction of sp³-hybridized carbons (Fsp3) is 0.529. The van der Waals surface area contributed by atoms with E-state index in [-0.39, 0.29) is 5.82 Å². The zero-order valence-electron chi connectivity index (χ0n) is 12.3. The van der Waals surface area contributed by atoms with Crippen LogP contribution in [0, 0.1) is 5.82 Å². The number of aromatic nitrogens is 1. The summed E-state index contributed by atoms with van der Waals surface area (Å²) >= 11 is 0. The largest absolute Gasteiger partial charge is 0.345 e. The molecule has 0 saturated heterocycles. The van der Waals surface area contributed by atoms with Crippen LogP contribution in [-0.2, 0) is 6.54 Å². The maximum Gasteiger partial charge on any atom is 0.132 e. The minimum absolute atomic E-state index is 0.106. The highest BCUT2D eigenvalue weighted by molar-refractivity contribution is 5.84. The Bertz CT molecular complexity index is 594. The van der Waals surface area contributed by atoms with Crippen LogP contribution in [0.4, 0.5) is 4.39 Å². The summed E-state index contributed by atoms with van der Waals surface area (Å²) in [5, 5.41) is 4.37. The summed E-state index contributed by atoms with van der Waals surface area (Å²) < 4.78 is 16.4. The van der Waals surface area contributed by atoms with Crippen LogP contribution < -0.4 is 5.32 Å². The van der Waals surface area contributed by atoms with E-state index in [1.165, 1.54) is 25.7 Å². The monoisotopic (exact) mass is 274 g/mol. The van der Waals surface area contributed by atoms with Gasteiger partial charge in [0, 0.05) is 30.2 Å². The van der Waals surface area contributed by atoms with Crippen molar-refractivity contribution in [3.8, 4) is 0 Å². The van der Waals surface area contributed by atoms with Gasteiger partial charge in [0.15, 0.2) is 0 Å². The molecular formula is C17H23FN2. The fourth-order valence-corrected chi connectivity index (χ4v) is 3.29. The Balaban J connectivity index is 1.92. The van der Waals surface area contributed by atoms with Gasteiger partial charge >= 0.3 is 0 Å². The van der Waals surface area contributed by atoms with E-state index in [0.29, 0.717) is 12.1 Å². The molecule has 3 rings (SSSR count). The Morgan fingerprint density at radius 1 is 1.30 bits per heavy atom. The molecule has 1 saturated carbocycles. The lowest BCUT2D eigenvalue weighted by atomic mass is 10.1. The van der Waals surface area contributed by atoms with Crippen LogP contribution in [-0.4, -0.2) is 10.6 Å². The summed E-state index contributed by atoms with van der Waals surface area (Å²) in [7, 11) is 0. The van der Waals surface area contributed by atoms with E-state index in [0.717, 1.165) is 23.0 Å². The molecule has 0 aliphatic heterocycles. The molecule has 108 valence electrons. The predicted molar refractivity (Wildman–Crippen MR) is 81.4 cm³/mol. The lowest BCUT2D eigenvalue weighted by Crippen LogP contribution is -2.25. The van der Waals surface area contributed by atoms with Crippen molar-refractivity contribution in [2.24, 2.45) is 0 Å². The van der Waals surface area contributed by atoms with Gasteiger partial charge in [-0.1, -0.05) is 18.9 Å². The second-order valence-electron chi connectivity index (χ2n) is 6.15. The summed E-state index contributed by atoms with van der Waals surface area (Å²) in [4.78, 5) is 0. The lowest BCUT2D eigenvalue weighted by molar-refractivity contribution is 0.523. The first-order valence-corrected chi connectivity index (χ1v) is 7.68. The van der Waals surface area contributed by atoms with Crippen LogP contribution in [0.25, 0.3) is 10.9 Å². The molecule has 3 heteroatoms. The van der Waals surface area contributed by atoms with Crippen molar-refractivity contribution in [1.29, 1.82) is 0 Å². The van der Waals surface area contributed by atoms with Gasteiger partial charge in [0.25, 0.3) is 0 Å². The Kier molecular flexibility index (Phi) is 3.79. The van der Waals surface area contributed by atoms with Crippen LogP contribution in [0.1, 0.15) is 51.1 Å². The third-order valence-corrected chi connectivity index (χ3v) is 4.38. The summed E-state index contributed by atoms with van der Waals surface area (Å²) in [5.74, 6) is -0.106. The SMILES string of the molecule is CC(C)n1cc(CNC2CCCC2)c2c(F)cccc21. The molecule has 0 atom stereocenters. The molecule has 1 fully saturated rings. The van der Waals surface area contributed by atoms with Crippen molar-refractivity contribution in [3.05, 3.63) is 35.8 Å². The molecular weight excluding hydrogens is 251 g/mol. The van der Waals surface area contributed by atoms with Gasteiger partial charge in [-0.2, -0.15) is 0 Å². The molecule has 2 nitrogen and oxygen atoms in total. The first-order chi connectivity index (χ1) is 9.66. The van der Waals surface area contributed by atoms with Crippen molar-refractivity contribution >= 4 is 10.9 Å². The molecule has 1 heterocycles. The van der Waals surface area contributed by atoms with E-state index in [1.807, 2.05) is 6.07 Å². The molecule has 0 amide bonds. The van der Waals surface area contributed by atoms with E-state index >= 15 is 0 Å². The minimum Gasteiger partial charge on any atom is -0.345 e. The maximum absolute atomic E-state index is 14.2. The first kappa shape index (κ1) is 13.6. The van der Waals surface area contributed by atoms with Gasteiger partial charge in [-0.25, -0.2) is 4.39 Å². The Hall–Kier alpha value is -1.35. The molecule has 1 aromatic heterocycles. The summed E-state index contributed by atoms with van der Waals surface area (Å²) in [5.41, 5.74) is 2.09. The zero-order valence-corrected chi connectivity index (χ0v) is 12.3. The number of nitrogens with one attached hydrogen (secondary N) is 1. The fourth-order valence-electron chi connectivity index (χ4n) is 3.29. The molecule has 2 aromatic rings. The van der Waals surface area contributed by atoms with E-state index < -0.39 is 0 Å². The normalized spacial score (nSPS) is 16.6. The number of rotatable bonds is 4. The second-order valence-corrected chi connectivity index (χ2v) is 6.15. The van der Waals surface area contributed by atoms with Gasteiger partial charge < -0.3 is 9.88 Å². The number of nitrogens with zero attached hydrogens (tertiary/aromatic N) is 1. The molecule has 1 aliphatic rings. The quantitative estimate of drug-likeness (QED) is 0.874. The van der Waals surface area contributed by atoms with E-state index in [2.05, 4.69) is 29.9 Å². The molecule has 0 unspecified atom stereocenters. The Morgan fingerprint density at radius 3 is 2.75 bits per heavy atom. The summed E-state index contributed by atoms with van der Waals surface area (Å²) in [6.07, 6.45) is 7.26. The van der Waals surface area contributed by atoms with Crippen LogP contribution in [0.5, 0.6) is 0 Å². The van der Waals surface area contributed by atoms with Crippen LogP contribution in [0.15, 0.2) is 24.4 Å². The number of halogens is 1. The van der Waals surface area contributed by atoms with Crippen molar-refractivity contribution in [2.45, 2.75) is 58.2 Å². The molecule has 0 spiro atoms. The highest BCUT2D eigenvalue weighted by Crippen LogP contribution is 2.27. The molecule has 1 aromatic carbocycles. The van der Waals surface area contributed by atoms with Crippen LogP contribution in [0.2, 0.25) is 0 Å². The van der Waals surface area contributed by atoms with Crippen LogP contribution in [0.3, 0.4) is 0 Å². The lowest BCUT2D eigenvalue weighted by Gasteiger charge is -2.11. The van der Waals surface area contributed by atoms with Gasteiger partial charge in [-0.3, -0.25) is 0 Å². The predicted octanol–water partition coefficient (Wildman–Crippen LogP) is 4.39. The average molecular weight is 274 g/mol. The van der Waals surface area contributed by atoms with E-state index in [1.54, 1.807) is 12.1 Å². The summed E-state index contributed by atoms with van der Waals surface area (Å²) in [6, 6.07) is 6.33. The van der Waals surface area contributed by atoms with Gasteiger partial charge in [0.05, 0.1) is 5.52 Å². The topological polar surface area (TPSA) is 17.0 Å². The van der Waals surface area contributed by atoms with Gasteiger partial charge in [0.2, 0.25) is 0 Å². The van der Waals surface area contributed by atoms with Crippen molar-refractivity contribution in [1.82, 2.24) is 9.88 Å². The standard InChI is InChI=1S/C17H23FN2/c1-12(2)20-11-13(10-19-14-6-3-4-7-14)17-15(18)8-5-9-16(17)20/h5,8-9,11-12,14,19H,3-4,6-7,10H2,1-2H3. The minimum atomic E-state index is -0.106. The second kappa shape index (κ2) is 5.57. The number of hydrogen-bond donors (Lipinski definition) is 1. The molecule has 0 radical (unpaired) electrons. The van der Waals surface area contributed by atoms with Crippen molar-refractivity contribution in [2.75, 3.05) is 0 Å². The van der Waals surface area contributed by atoms with Gasteiger partial charge in [0.1, 0.15) is 5.82 Å². The Morgan fingerprint density at radius 2 is 2.05 bits per heavy atom. The molecule has 0 bridgehead atoms. The van der Waals surface area contributed by atoms with Crippen molar-refractivity contribution in [3.63, 3.8) is 0 Å². The zero-order chi connectivity index (χ0) is 14.1. The third kappa shape index (κ3) is 2.47. The number of fused-ring (bicyclic) bond motifs is 1. The first-order valence-electron chi connectivity index (χ1n) is 7.68. The van der Waals surface area contributed by atoms with Gasteiger partial charge in [-0.05, 0) is 44.4 Å². The maximum atomic E-state index is 14.2. The third-order valence-electron chi connectivity index (χ3n) is 4.38. The highest BCUT2D eigenvalue weighted by atomic mass is 19.1. The van der Waals surface area contributed by atoms with Crippen LogP contribution >= 0.6 is 0 Å². The molecule has 1 aliphatic carbocycles. The molecule has 1 N–H and O–H groups in total. The highest BCUT2D eigenvalue weighted by Gasteiger charge is 2.17. The van der Waals surface area contributed by atoms with E-state index in [4.69, 9.17) is 0 Å². The number of benzene rings is 1. The average Bonchev–Trinajstić information content (AvgIpc) is 3.04. The van der Waals surface area contributed by atoms with Crippen molar-refractivity contribution < 1.29 is 4.39 Å². The van der Waals surface area contributed by atoms with E-state index in [9.17, 15) is 4.39 Å². The smallest absolute Gasteiger partial charge is 0.132 e. The molecule has 20 heavy (non-hydrogen) atoms. The summed E-state index contributed by atoms with van der Waals surface area (Å²) in [6.45, 7) is 5.04.